The van der Waals surface area contributed by atoms with Crippen molar-refractivity contribution in [2.24, 2.45) is 0 Å². The van der Waals surface area contributed by atoms with Gasteiger partial charge < -0.3 is 15.2 Å². The van der Waals surface area contributed by atoms with Crippen molar-refractivity contribution in [2.75, 3.05) is 5.73 Å². The summed E-state index contributed by atoms with van der Waals surface area (Å²) in [6.07, 6.45) is -0.545. The van der Waals surface area contributed by atoms with Crippen molar-refractivity contribution in [1.82, 2.24) is 19.9 Å². The van der Waals surface area contributed by atoms with Crippen LogP contribution in [-0.2, 0) is 19.1 Å². The Morgan fingerprint density at radius 2 is 1.87 bits per heavy atom. The molecule has 0 radical (unpaired) electrons. The first-order chi connectivity index (χ1) is 10.8. The van der Waals surface area contributed by atoms with Crippen molar-refractivity contribution in [1.29, 1.82) is 0 Å². The lowest BCUT2D eigenvalue weighted by molar-refractivity contribution is -0.164. The lowest BCUT2D eigenvalue weighted by Crippen LogP contribution is -2.27. The predicted molar refractivity (Wildman–Crippen MR) is 78.1 cm³/mol. The summed E-state index contributed by atoms with van der Waals surface area (Å²) >= 11 is 0. The molecule has 10 heteroatoms. The predicted octanol–water partition coefficient (Wildman–Crippen LogP) is -0.149. The Morgan fingerprint density at radius 1 is 1.22 bits per heavy atom. The fraction of sp³-hybridized carbons (Fsp3) is 0.385. The van der Waals surface area contributed by atoms with E-state index in [0.717, 1.165) is 0 Å². The molecule has 2 atom stereocenters. The lowest BCUT2D eigenvalue weighted by atomic mass is 10.1. The van der Waals surface area contributed by atoms with Crippen molar-refractivity contribution in [3.05, 3.63) is 22.2 Å². The fourth-order valence-corrected chi connectivity index (χ4v) is 1.98. The lowest BCUT2D eigenvalue weighted by Gasteiger charge is -2.22. The number of rotatable bonds is 4. The second-order valence-electron chi connectivity index (χ2n) is 4.76. The Morgan fingerprint density at radius 3 is 2.48 bits per heavy atom. The average molecular weight is 321 g/mol. The van der Waals surface area contributed by atoms with Crippen LogP contribution >= 0.6 is 0 Å². The third kappa shape index (κ3) is 3.78. The number of nitrogens with zero attached hydrogens (tertiary/aromatic N) is 3. The Kier molecular flexibility index (Phi) is 4.53. The second-order valence-corrected chi connectivity index (χ2v) is 4.76. The molecule has 0 spiro atoms. The average Bonchev–Trinajstić information content (AvgIpc) is 2.43. The molecule has 0 amide bonds. The standard InChI is InChI=1S/C13H15N5O5/c1-5(22-6(2)19)10(23-7(3)20)8-4-15-11-9(16-8)12(21)18-13(14)17-11/h4-5,10H,1-3H3,(H3,14,15,17,18,21)/t5-,10-/m0/s1. The van der Waals surface area contributed by atoms with Gasteiger partial charge in [-0.1, -0.05) is 0 Å². The SMILES string of the molecule is CC(=O)O[C@@H](C)[C@H](OC(C)=O)c1cnc2nc(N)[nH]c(=O)c2n1. The zero-order valence-electron chi connectivity index (χ0n) is 12.7. The van der Waals surface area contributed by atoms with E-state index in [1.54, 1.807) is 0 Å². The summed E-state index contributed by atoms with van der Waals surface area (Å²) in [4.78, 5) is 48.5. The molecule has 0 aliphatic rings. The largest absolute Gasteiger partial charge is 0.458 e. The van der Waals surface area contributed by atoms with E-state index >= 15 is 0 Å². The molecule has 0 unspecified atom stereocenters. The van der Waals surface area contributed by atoms with E-state index in [1.165, 1.54) is 27.0 Å². The van der Waals surface area contributed by atoms with Gasteiger partial charge in [0.15, 0.2) is 17.3 Å². The topological polar surface area (TPSA) is 150 Å². The van der Waals surface area contributed by atoms with Gasteiger partial charge in [0.1, 0.15) is 11.8 Å². The third-order valence-corrected chi connectivity index (χ3v) is 2.82. The van der Waals surface area contributed by atoms with E-state index in [2.05, 4.69) is 19.9 Å². The van der Waals surface area contributed by atoms with Crippen molar-refractivity contribution in [3.63, 3.8) is 0 Å². The van der Waals surface area contributed by atoms with Crippen LogP contribution in [0.4, 0.5) is 5.95 Å². The zero-order chi connectivity index (χ0) is 17.1. The minimum atomic E-state index is -1.01. The highest BCUT2D eigenvalue weighted by Crippen LogP contribution is 2.22. The molecule has 2 aromatic rings. The van der Waals surface area contributed by atoms with E-state index in [-0.39, 0.29) is 22.8 Å². The van der Waals surface area contributed by atoms with Gasteiger partial charge in [0.05, 0.1) is 6.20 Å². The van der Waals surface area contributed by atoms with Crippen LogP contribution in [0.5, 0.6) is 0 Å². The van der Waals surface area contributed by atoms with Gasteiger partial charge >= 0.3 is 11.9 Å². The number of hydrogen-bond acceptors (Lipinski definition) is 9. The van der Waals surface area contributed by atoms with E-state index in [9.17, 15) is 14.4 Å². The van der Waals surface area contributed by atoms with Crippen LogP contribution in [-0.4, -0.2) is 38.0 Å². The smallest absolute Gasteiger partial charge is 0.303 e. The van der Waals surface area contributed by atoms with E-state index in [4.69, 9.17) is 15.2 Å². The monoisotopic (exact) mass is 321 g/mol. The van der Waals surface area contributed by atoms with Crippen LogP contribution in [0.2, 0.25) is 0 Å². The Balaban J connectivity index is 2.49. The highest BCUT2D eigenvalue weighted by atomic mass is 16.6. The van der Waals surface area contributed by atoms with Gasteiger partial charge in [-0.15, -0.1) is 0 Å². The van der Waals surface area contributed by atoms with Crippen LogP contribution in [0, 0.1) is 0 Å². The number of nitrogens with two attached hydrogens (primary N) is 1. The maximum atomic E-state index is 11.9. The summed E-state index contributed by atoms with van der Waals surface area (Å²) in [5.41, 5.74) is 4.99. The summed E-state index contributed by atoms with van der Waals surface area (Å²) in [6.45, 7) is 3.97. The maximum Gasteiger partial charge on any atom is 0.303 e. The normalized spacial score (nSPS) is 13.3. The third-order valence-electron chi connectivity index (χ3n) is 2.82. The molecular weight excluding hydrogens is 306 g/mol. The summed E-state index contributed by atoms with van der Waals surface area (Å²) in [5.74, 6) is -1.23. The first-order valence-corrected chi connectivity index (χ1v) is 6.64. The Bertz CT molecular complexity index is 818. The van der Waals surface area contributed by atoms with Crippen LogP contribution in [0.3, 0.4) is 0 Å². The molecular formula is C13H15N5O5. The van der Waals surface area contributed by atoms with Crippen molar-refractivity contribution < 1.29 is 19.1 Å². The van der Waals surface area contributed by atoms with E-state index in [1.807, 2.05) is 0 Å². The molecule has 2 rings (SSSR count). The van der Waals surface area contributed by atoms with Crippen LogP contribution in [0.15, 0.2) is 11.0 Å². The molecule has 0 aromatic carbocycles. The Labute approximate surface area is 130 Å². The molecule has 0 bridgehead atoms. The fourth-order valence-electron chi connectivity index (χ4n) is 1.98. The minimum Gasteiger partial charge on any atom is -0.458 e. The van der Waals surface area contributed by atoms with Gasteiger partial charge in [-0.25, -0.2) is 9.97 Å². The number of fused-ring (bicyclic) bond motifs is 1. The highest BCUT2D eigenvalue weighted by molar-refractivity contribution is 5.70. The number of esters is 2. The molecule has 122 valence electrons. The quantitative estimate of drug-likeness (QED) is 0.732. The number of anilines is 1. The summed E-state index contributed by atoms with van der Waals surface area (Å²) in [7, 11) is 0. The van der Waals surface area contributed by atoms with Crippen LogP contribution < -0.4 is 11.3 Å². The first-order valence-electron chi connectivity index (χ1n) is 6.64. The van der Waals surface area contributed by atoms with Gasteiger partial charge in [-0.2, -0.15) is 4.98 Å². The van der Waals surface area contributed by atoms with E-state index < -0.39 is 29.7 Å². The Hall–Kier alpha value is -3.04. The van der Waals surface area contributed by atoms with Gasteiger partial charge in [-0.3, -0.25) is 19.4 Å². The number of carbonyl (C=O) groups is 2. The number of nitrogen functional groups attached to an aromatic ring is 1. The molecule has 2 aromatic heterocycles. The number of hydrogen-bond donors (Lipinski definition) is 2. The number of ether oxygens (including phenoxy) is 2. The number of aromatic amines is 1. The second kappa shape index (κ2) is 6.38. The molecule has 2 heterocycles. The molecule has 0 saturated carbocycles. The first kappa shape index (κ1) is 16.3. The summed E-state index contributed by atoms with van der Waals surface area (Å²) in [6, 6.07) is 0. The molecule has 0 saturated heterocycles. The molecule has 3 N–H and O–H groups in total. The number of H-pyrrole nitrogens is 1. The van der Waals surface area contributed by atoms with Crippen LogP contribution in [0.1, 0.15) is 32.6 Å². The molecule has 0 aliphatic heterocycles. The van der Waals surface area contributed by atoms with Gasteiger partial charge in [0.25, 0.3) is 5.56 Å². The van der Waals surface area contributed by atoms with Gasteiger partial charge in [-0.05, 0) is 6.92 Å². The molecule has 23 heavy (non-hydrogen) atoms. The van der Waals surface area contributed by atoms with Gasteiger partial charge in [0, 0.05) is 13.8 Å². The van der Waals surface area contributed by atoms with E-state index in [0.29, 0.717) is 0 Å². The number of aromatic nitrogens is 4. The van der Waals surface area contributed by atoms with Crippen molar-refractivity contribution in [3.8, 4) is 0 Å². The zero-order valence-corrected chi connectivity index (χ0v) is 12.7. The molecule has 10 nitrogen and oxygen atoms in total. The summed E-state index contributed by atoms with van der Waals surface area (Å²) in [5, 5.41) is 0. The van der Waals surface area contributed by atoms with Crippen molar-refractivity contribution >= 4 is 29.1 Å². The van der Waals surface area contributed by atoms with Gasteiger partial charge in [0.2, 0.25) is 5.95 Å². The number of nitrogens with one attached hydrogen (secondary N) is 1. The van der Waals surface area contributed by atoms with Crippen molar-refractivity contribution in [2.45, 2.75) is 33.0 Å². The number of carbonyl (C=O) groups excluding carboxylic acids is 2. The molecule has 0 fully saturated rings. The maximum absolute atomic E-state index is 11.9. The summed E-state index contributed by atoms with van der Waals surface area (Å²) < 4.78 is 10.2. The minimum absolute atomic E-state index is 0.0525. The highest BCUT2D eigenvalue weighted by Gasteiger charge is 2.27. The molecule has 0 aliphatic carbocycles. The van der Waals surface area contributed by atoms with Crippen LogP contribution in [0.25, 0.3) is 11.2 Å².